The summed E-state index contributed by atoms with van der Waals surface area (Å²) in [5.74, 6) is -0.921. The highest BCUT2D eigenvalue weighted by Gasteiger charge is 2.46. The van der Waals surface area contributed by atoms with Gasteiger partial charge >= 0.3 is 12.0 Å². The van der Waals surface area contributed by atoms with Gasteiger partial charge in [-0.2, -0.15) is 0 Å². The van der Waals surface area contributed by atoms with Crippen LogP contribution in [0.15, 0.2) is 0 Å². The van der Waals surface area contributed by atoms with Crippen LogP contribution >= 0.6 is 0 Å². The molecular weight excluding hydrogens is 208 g/mol. The summed E-state index contributed by atoms with van der Waals surface area (Å²) in [6.07, 6.45) is 1.28. The summed E-state index contributed by atoms with van der Waals surface area (Å²) >= 11 is 0. The normalized spacial score (nSPS) is 24.9. The zero-order chi connectivity index (χ0) is 12.5. The van der Waals surface area contributed by atoms with Crippen molar-refractivity contribution in [3.8, 4) is 0 Å². The second kappa shape index (κ2) is 4.31. The molecule has 1 atom stereocenters. The molecule has 0 radical (unpaired) electrons. The molecule has 0 saturated carbocycles. The topological polar surface area (TPSA) is 60.9 Å². The first-order valence-corrected chi connectivity index (χ1v) is 5.58. The molecule has 0 aromatic rings. The van der Waals surface area contributed by atoms with Gasteiger partial charge in [-0.1, -0.05) is 0 Å². The highest BCUT2D eigenvalue weighted by atomic mass is 16.4. The molecule has 1 saturated heterocycles. The van der Waals surface area contributed by atoms with Gasteiger partial charge in [-0.25, -0.2) is 9.59 Å². The van der Waals surface area contributed by atoms with Gasteiger partial charge < -0.3 is 14.9 Å². The second-order valence-corrected chi connectivity index (χ2v) is 4.82. The van der Waals surface area contributed by atoms with Gasteiger partial charge in [0.15, 0.2) is 0 Å². The Morgan fingerprint density at radius 3 is 2.44 bits per heavy atom. The van der Waals surface area contributed by atoms with Crippen molar-refractivity contribution in [2.24, 2.45) is 0 Å². The Kier molecular flexibility index (Phi) is 3.45. The average molecular weight is 228 g/mol. The second-order valence-electron chi connectivity index (χ2n) is 4.82. The predicted molar refractivity (Wildman–Crippen MR) is 60.3 cm³/mol. The Morgan fingerprint density at radius 1 is 1.44 bits per heavy atom. The number of hydrogen-bond acceptors (Lipinski definition) is 2. The maximum Gasteiger partial charge on any atom is 0.329 e. The van der Waals surface area contributed by atoms with E-state index in [0.717, 1.165) is 6.42 Å². The van der Waals surface area contributed by atoms with E-state index in [1.165, 1.54) is 4.90 Å². The maximum atomic E-state index is 12.1. The molecule has 1 fully saturated rings. The lowest BCUT2D eigenvalue weighted by atomic mass is 10.00. The van der Waals surface area contributed by atoms with E-state index >= 15 is 0 Å². The molecule has 2 amide bonds. The zero-order valence-corrected chi connectivity index (χ0v) is 10.4. The van der Waals surface area contributed by atoms with Crippen molar-refractivity contribution in [1.29, 1.82) is 0 Å². The molecule has 1 unspecified atom stereocenters. The number of rotatable bonds is 2. The number of amides is 2. The fourth-order valence-electron chi connectivity index (χ4n) is 1.90. The first-order valence-electron chi connectivity index (χ1n) is 5.58. The number of urea groups is 1. The molecule has 5 heteroatoms. The monoisotopic (exact) mass is 228 g/mol. The first-order chi connectivity index (χ1) is 7.30. The first kappa shape index (κ1) is 12.8. The zero-order valence-electron chi connectivity index (χ0n) is 10.4. The van der Waals surface area contributed by atoms with E-state index < -0.39 is 11.5 Å². The Morgan fingerprint density at radius 2 is 2.00 bits per heavy atom. The molecule has 92 valence electrons. The van der Waals surface area contributed by atoms with Crippen molar-refractivity contribution in [2.45, 2.75) is 45.2 Å². The Hall–Kier alpha value is -1.26. The minimum absolute atomic E-state index is 0.0751. The van der Waals surface area contributed by atoms with Gasteiger partial charge in [0.2, 0.25) is 0 Å². The van der Waals surface area contributed by atoms with Crippen LogP contribution < -0.4 is 0 Å². The smallest absolute Gasteiger partial charge is 0.329 e. The maximum absolute atomic E-state index is 12.1. The summed E-state index contributed by atoms with van der Waals surface area (Å²) in [7, 11) is 1.70. The van der Waals surface area contributed by atoms with Crippen LogP contribution in [0.4, 0.5) is 4.79 Å². The molecule has 0 aromatic heterocycles. The number of nitrogens with zero attached hydrogens (tertiary/aromatic N) is 2. The van der Waals surface area contributed by atoms with Crippen molar-refractivity contribution in [1.82, 2.24) is 9.80 Å². The molecule has 1 rings (SSSR count). The van der Waals surface area contributed by atoms with E-state index in [1.807, 2.05) is 13.8 Å². The van der Waals surface area contributed by atoms with Crippen LogP contribution in [0.25, 0.3) is 0 Å². The van der Waals surface area contributed by atoms with Gasteiger partial charge in [0.05, 0.1) is 0 Å². The number of carboxylic acid groups (broad SMARTS) is 1. The molecule has 1 heterocycles. The molecule has 1 aliphatic heterocycles. The lowest BCUT2D eigenvalue weighted by Crippen LogP contribution is -2.55. The third-order valence-electron chi connectivity index (χ3n) is 3.41. The van der Waals surface area contributed by atoms with Crippen LogP contribution in [0, 0.1) is 0 Å². The van der Waals surface area contributed by atoms with Gasteiger partial charge in [-0.15, -0.1) is 0 Å². The molecular formula is C11H20N2O3. The minimum atomic E-state index is -1.04. The highest BCUT2D eigenvalue weighted by Crippen LogP contribution is 2.30. The third-order valence-corrected chi connectivity index (χ3v) is 3.41. The number of carbonyl (C=O) groups is 2. The SMILES string of the molecule is CC(C)N(C)C(=O)N1CCCC1(C)C(=O)O. The van der Waals surface area contributed by atoms with Crippen molar-refractivity contribution in [3.63, 3.8) is 0 Å². The molecule has 0 bridgehead atoms. The molecule has 0 spiro atoms. The fraction of sp³-hybridized carbons (Fsp3) is 0.818. The lowest BCUT2D eigenvalue weighted by molar-refractivity contribution is -0.147. The number of carbonyl (C=O) groups excluding carboxylic acids is 1. The van der Waals surface area contributed by atoms with Crippen molar-refractivity contribution >= 4 is 12.0 Å². The molecule has 0 aliphatic carbocycles. The van der Waals surface area contributed by atoms with E-state index in [-0.39, 0.29) is 12.1 Å². The molecule has 16 heavy (non-hydrogen) atoms. The van der Waals surface area contributed by atoms with Crippen molar-refractivity contribution < 1.29 is 14.7 Å². The predicted octanol–water partition coefficient (Wildman–Crippen LogP) is 1.39. The summed E-state index contributed by atoms with van der Waals surface area (Å²) in [5.41, 5.74) is -1.04. The van der Waals surface area contributed by atoms with Crippen LogP contribution in [-0.4, -0.2) is 52.1 Å². The van der Waals surface area contributed by atoms with E-state index in [2.05, 4.69) is 0 Å². The summed E-state index contributed by atoms with van der Waals surface area (Å²) in [6, 6.07) is -0.122. The Bertz CT molecular complexity index is 304. The number of carboxylic acids is 1. The molecule has 0 aromatic carbocycles. The van der Waals surface area contributed by atoms with Gasteiger partial charge in [-0.3, -0.25) is 0 Å². The van der Waals surface area contributed by atoms with Crippen LogP contribution in [-0.2, 0) is 4.79 Å². The average Bonchev–Trinajstić information content (AvgIpc) is 2.59. The molecule has 5 nitrogen and oxygen atoms in total. The van der Waals surface area contributed by atoms with Crippen molar-refractivity contribution in [2.75, 3.05) is 13.6 Å². The summed E-state index contributed by atoms with van der Waals surface area (Å²) in [6.45, 7) is 5.96. The Balaban J connectivity index is 2.88. The number of aliphatic carboxylic acids is 1. The molecule has 1 aliphatic rings. The summed E-state index contributed by atoms with van der Waals surface area (Å²) < 4.78 is 0. The molecule has 1 N–H and O–H groups in total. The largest absolute Gasteiger partial charge is 0.480 e. The van der Waals surface area contributed by atoms with Crippen LogP contribution in [0.3, 0.4) is 0 Å². The van der Waals surface area contributed by atoms with Gasteiger partial charge in [0, 0.05) is 19.6 Å². The van der Waals surface area contributed by atoms with Crippen LogP contribution in [0.5, 0.6) is 0 Å². The lowest BCUT2D eigenvalue weighted by Gasteiger charge is -2.35. The van der Waals surface area contributed by atoms with Gasteiger partial charge in [0.25, 0.3) is 0 Å². The fourth-order valence-corrected chi connectivity index (χ4v) is 1.90. The highest BCUT2D eigenvalue weighted by molar-refractivity contribution is 5.86. The third kappa shape index (κ3) is 1.99. The summed E-state index contributed by atoms with van der Waals surface area (Å²) in [4.78, 5) is 26.4. The summed E-state index contributed by atoms with van der Waals surface area (Å²) in [5, 5.41) is 9.20. The number of likely N-dealkylation sites (tertiary alicyclic amines) is 1. The van der Waals surface area contributed by atoms with E-state index in [1.54, 1.807) is 18.9 Å². The minimum Gasteiger partial charge on any atom is -0.480 e. The quantitative estimate of drug-likeness (QED) is 0.776. The van der Waals surface area contributed by atoms with E-state index in [0.29, 0.717) is 13.0 Å². The standard InChI is InChI=1S/C11H20N2O3/c1-8(2)12(4)10(16)13-7-5-6-11(13,3)9(14)15/h8H,5-7H2,1-4H3,(H,14,15). The van der Waals surface area contributed by atoms with E-state index in [9.17, 15) is 14.7 Å². The Labute approximate surface area is 96.0 Å². The van der Waals surface area contributed by atoms with E-state index in [4.69, 9.17) is 0 Å². The van der Waals surface area contributed by atoms with Gasteiger partial charge in [0.1, 0.15) is 5.54 Å². The number of hydrogen-bond donors (Lipinski definition) is 1. The van der Waals surface area contributed by atoms with Crippen LogP contribution in [0.1, 0.15) is 33.6 Å². The van der Waals surface area contributed by atoms with Crippen molar-refractivity contribution in [3.05, 3.63) is 0 Å². The van der Waals surface area contributed by atoms with Crippen LogP contribution in [0.2, 0.25) is 0 Å². The van der Waals surface area contributed by atoms with Gasteiger partial charge in [-0.05, 0) is 33.6 Å².